The van der Waals surface area contributed by atoms with Crippen LogP contribution in [0, 0.1) is 5.92 Å². The number of thiophene rings is 1. The summed E-state index contributed by atoms with van der Waals surface area (Å²) in [5.74, 6) is 0.171. The molecule has 1 unspecified atom stereocenters. The van der Waals surface area contributed by atoms with Gasteiger partial charge in [-0.25, -0.2) is 4.98 Å². The topological polar surface area (TPSA) is 88.3 Å². The van der Waals surface area contributed by atoms with Gasteiger partial charge in [-0.3, -0.25) is 9.59 Å². The normalized spacial score (nSPS) is 16.4. The summed E-state index contributed by atoms with van der Waals surface area (Å²) in [4.78, 5) is 32.4. The van der Waals surface area contributed by atoms with E-state index in [1.165, 1.54) is 11.6 Å². The van der Waals surface area contributed by atoms with Crippen molar-refractivity contribution >= 4 is 40.7 Å². The Morgan fingerprint density at radius 3 is 2.71 bits per heavy atom. The Morgan fingerprint density at radius 1 is 1.13 bits per heavy atom. The van der Waals surface area contributed by atoms with Gasteiger partial charge in [0.25, 0.3) is 0 Å². The zero-order valence-electron chi connectivity index (χ0n) is 17.0. The summed E-state index contributed by atoms with van der Waals surface area (Å²) in [6.45, 7) is 1.43. The fourth-order valence-corrected chi connectivity index (χ4v) is 4.52. The number of carbonyl (C=O) groups is 2. The molecule has 3 N–H and O–H groups in total. The molecule has 0 radical (unpaired) electrons. The third kappa shape index (κ3) is 5.38. The monoisotopic (exact) mass is 432 g/mol. The van der Waals surface area contributed by atoms with Crippen molar-refractivity contribution in [1.29, 1.82) is 0 Å². The van der Waals surface area contributed by atoms with Gasteiger partial charge in [-0.2, -0.15) is 0 Å². The molecule has 2 aromatic heterocycles. The predicted octanol–water partition coefficient (Wildman–Crippen LogP) is 4.16. The van der Waals surface area contributed by atoms with E-state index in [2.05, 4.69) is 33.4 Å². The average Bonchev–Trinajstić information content (AvgIpc) is 3.28. The molecule has 0 aliphatic carbocycles. The fourth-order valence-electron chi connectivity index (χ4n) is 3.61. The van der Waals surface area contributed by atoms with Gasteiger partial charge < -0.3 is 16.0 Å². The van der Waals surface area contributed by atoms with Crippen molar-refractivity contribution in [2.75, 3.05) is 23.3 Å². The third-order valence-corrected chi connectivity index (χ3v) is 6.35. The quantitative estimate of drug-likeness (QED) is 0.573. The van der Waals surface area contributed by atoms with E-state index in [4.69, 9.17) is 5.73 Å². The van der Waals surface area contributed by atoms with E-state index in [1.807, 2.05) is 42.5 Å². The molecule has 1 atom stereocenters. The lowest BCUT2D eigenvalue weighted by molar-refractivity contribution is -0.122. The number of aromatic nitrogens is 1. The highest BCUT2D eigenvalue weighted by molar-refractivity contribution is 7.16. The lowest BCUT2D eigenvalue weighted by Crippen LogP contribution is -2.41. The minimum Gasteiger partial charge on any atom is -0.369 e. The van der Waals surface area contributed by atoms with Crippen molar-refractivity contribution in [2.24, 2.45) is 11.7 Å². The molecule has 6 nitrogen and oxygen atoms in total. The summed E-state index contributed by atoms with van der Waals surface area (Å²) in [5.41, 5.74) is 7.24. The standard InChI is InChI=1S/C24H24N4O2S/c25-24(30)18-7-4-14-28(16-18)22-12-8-19(15-26-22)27-23(29)13-10-20-9-11-21(31-20)17-5-2-1-3-6-17/h1-3,5-6,8-13,15,18H,4,7,14,16H2,(H2,25,30)(H,27,29)/b13-10+. The van der Waals surface area contributed by atoms with Crippen LogP contribution in [0.3, 0.4) is 0 Å². The van der Waals surface area contributed by atoms with E-state index in [-0.39, 0.29) is 17.7 Å². The molecule has 3 aromatic rings. The number of rotatable bonds is 6. The van der Waals surface area contributed by atoms with Crippen LogP contribution in [0.1, 0.15) is 17.7 Å². The van der Waals surface area contributed by atoms with Crippen LogP contribution in [0.15, 0.2) is 66.9 Å². The smallest absolute Gasteiger partial charge is 0.248 e. The average molecular weight is 433 g/mol. The summed E-state index contributed by atoms with van der Waals surface area (Å²) in [5, 5.41) is 2.83. The Hall–Kier alpha value is -3.45. The van der Waals surface area contributed by atoms with Crippen LogP contribution >= 0.6 is 11.3 Å². The molecule has 7 heteroatoms. The summed E-state index contributed by atoms with van der Waals surface area (Å²) < 4.78 is 0. The van der Waals surface area contributed by atoms with Gasteiger partial charge in [-0.05, 0) is 48.7 Å². The zero-order chi connectivity index (χ0) is 21.6. The molecule has 1 aromatic carbocycles. The van der Waals surface area contributed by atoms with Crippen molar-refractivity contribution < 1.29 is 9.59 Å². The number of hydrogen-bond donors (Lipinski definition) is 2. The molecule has 1 saturated heterocycles. The third-order valence-electron chi connectivity index (χ3n) is 5.25. The van der Waals surface area contributed by atoms with Crippen LogP contribution in [0.2, 0.25) is 0 Å². The van der Waals surface area contributed by atoms with Gasteiger partial charge in [0.2, 0.25) is 11.8 Å². The number of anilines is 2. The summed E-state index contributed by atoms with van der Waals surface area (Å²) in [6, 6.07) is 17.9. The van der Waals surface area contributed by atoms with Gasteiger partial charge in [-0.1, -0.05) is 30.3 Å². The SMILES string of the molecule is NC(=O)C1CCCN(c2ccc(NC(=O)/C=C/c3ccc(-c4ccccc4)s3)cn2)C1. The maximum atomic E-state index is 12.3. The van der Waals surface area contributed by atoms with Crippen LogP contribution in [0.25, 0.3) is 16.5 Å². The lowest BCUT2D eigenvalue weighted by Gasteiger charge is -2.32. The van der Waals surface area contributed by atoms with Crippen LogP contribution in [0.5, 0.6) is 0 Å². The molecule has 0 saturated carbocycles. The first-order chi connectivity index (χ1) is 15.1. The second kappa shape index (κ2) is 9.57. The fraction of sp³-hybridized carbons (Fsp3) is 0.208. The number of piperidine rings is 1. The van der Waals surface area contributed by atoms with E-state index < -0.39 is 0 Å². The van der Waals surface area contributed by atoms with Gasteiger partial charge in [-0.15, -0.1) is 11.3 Å². The number of benzene rings is 1. The first-order valence-corrected chi connectivity index (χ1v) is 11.0. The number of nitrogens with zero attached hydrogens (tertiary/aromatic N) is 2. The number of pyridine rings is 1. The summed E-state index contributed by atoms with van der Waals surface area (Å²) in [7, 11) is 0. The van der Waals surface area contributed by atoms with E-state index >= 15 is 0 Å². The Labute approximate surface area is 185 Å². The second-order valence-electron chi connectivity index (χ2n) is 7.48. The van der Waals surface area contributed by atoms with E-state index in [9.17, 15) is 9.59 Å². The Morgan fingerprint density at radius 2 is 1.97 bits per heavy atom. The maximum Gasteiger partial charge on any atom is 0.248 e. The van der Waals surface area contributed by atoms with Crippen molar-refractivity contribution in [3.05, 3.63) is 71.7 Å². The molecule has 1 aliphatic rings. The van der Waals surface area contributed by atoms with Crippen LogP contribution in [-0.4, -0.2) is 29.9 Å². The van der Waals surface area contributed by atoms with Gasteiger partial charge in [0.15, 0.2) is 0 Å². The highest BCUT2D eigenvalue weighted by atomic mass is 32.1. The summed E-state index contributed by atoms with van der Waals surface area (Å²) >= 11 is 1.64. The highest BCUT2D eigenvalue weighted by Crippen LogP contribution is 2.28. The molecule has 3 heterocycles. The number of primary amides is 1. The van der Waals surface area contributed by atoms with Gasteiger partial charge in [0.1, 0.15) is 5.82 Å². The molecule has 1 aliphatic heterocycles. The Bertz CT molecular complexity index is 1080. The highest BCUT2D eigenvalue weighted by Gasteiger charge is 2.24. The van der Waals surface area contributed by atoms with Gasteiger partial charge in [0.05, 0.1) is 17.8 Å². The van der Waals surface area contributed by atoms with Crippen LogP contribution < -0.4 is 16.0 Å². The predicted molar refractivity (Wildman–Crippen MR) is 126 cm³/mol. The minimum absolute atomic E-state index is 0.139. The number of hydrogen-bond acceptors (Lipinski definition) is 5. The van der Waals surface area contributed by atoms with Gasteiger partial charge in [0, 0.05) is 28.9 Å². The number of nitrogens with two attached hydrogens (primary N) is 1. The molecule has 4 rings (SSSR count). The molecule has 2 amide bonds. The van der Waals surface area contributed by atoms with Gasteiger partial charge >= 0.3 is 0 Å². The largest absolute Gasteiger partial charge is 0.369 e. The molecule has 31 heavy (non-hydrogen) atoms. The molecule has 1 fully saturated rings. The maximum absolute atomic E-state index is 12.3. The number of amides is 2. The van der Waals surface area contributed by atoms with Crippen molar-refractivity contribution in [3.8, 4) is 10.4 Å². The Balaban J connectivity index is 1.34. The zero-order valence-corrected chi connectivity index (χ0v) is 17.8. The molecule has 158 valence electrons. The lowest BCUT2D eigenvalue weighted by atomic mass is 9.97. The summed E-state index contributed by atoms with van der Waals surface area (Å²) in [6.07, 6.45) is 6.70. The number of carbonyl (C=O) groups excluding carboxylic acids is 2. The van der Waals surface area contributed by atoms with E-state index in [0.717, 1.165) is 35.0 Å². The van der Waals surface area contributed by atoms with Crippen molar-refractivity contribution in [1.82, 2.24) is 4.98 Å². The minimum atomic E-state index is -0.262. The van der Waals surface area contributed by atoms with Crippen molar-refractivity contribution in [2.45, 2.75) is 12.8 Å². The number of nitrogens with one attached hydrogen (secondary N) is 1. The molecular formula is C24H24N4O2S. The van der Waals surface area contributed by atoms with Crippen LogP contribution in [-0.2, 0) is 9.59 Å². The molecule has 0 bridgehead atoms. The second-order valence-corrected chi connectivity index (χ2v) is 8.60. The van der Waals surface area contributed by atoms with E-state index in [0.29, 0.717) is 12.2 Å². The van der Waals surface area contributed by atoms with E-state index in [1.54, 1.807) is 17.5 Å². The first-order valence-electron chi connectivity index (χ1n) is 10.2. The molecular weight excluding hydrogens is 408 g/mol. The molecule has 0 spiro atoms. The first kappa shape index (κ1) is 20.8. The van der Waals surface area contributed by atoms with Crippen LogP contribution in [0.4, 0.5) is 11.5 Å². The Kier molecular flexibility index (Phi) is 6.43. The van der Waals surface area contributed by atoms with Crippen molar-refractivity contribution in [3.63, 3.8) is 0 Å².